The molecule has 0 radical (unpaired) electrons. The minimum Gasteiger partial charge on any atom is -0.356 e. The van der Waals surface area contributed by atoms with Crippen LogP contribution in [0, 0.1) is 5.92 Å². The Morgan fingerprint density at radius 1 is 1.04 bits per heavy atom. The minimum absolute atomic E-state index is 0. The second kappa shape index (κ2) is 12.9. The van der Waals surface area contributed by atoms with Crippen molar-refractivity contribution in [3.63, 3.8) is 0 Å². The molecule has 0 saturated carbocycles. The van der Waals surface area contributed by atoms with E-state index in [9.17, 15) is 4.79 Å². The van der Waals surface area contributed by atoms with Gasteiger partial charge in [0, 0.05) is 38.0 Å². The topological polar surface area (TPSA) is 65.5 Å². The fourth-order valence-corrected chi connectivity index (χ4v) is 2.85. The van der Waals surface area contributed by atoms with Crippen molar-refractivity contribution in [3.05, 3.63) is 35.9 Å². The number of halogens is 1. The van der Waals surface area contributed by atoms with Gasteiger partial charge in [0.2, 0.25) is 5.91 Å². The first-order valence-corrected chi connectivity index (χ1v) is 9.26. The van der Waals surface area contributed by atoms with Gasteiger partial charge in [-0.3, -0.25) is 9.79 Å². The Balaban J connectivity index is 0.00000625. The number of nitrogens with one attached hydrogen (secondary N) is 3. The number of carbonyl (C=O) groups excluding carboxylic acids is 1. The fraction of sp³-hybridized carbons (Fsp3) is 0.600. The molecule has 1 aromatic carbocycles. The number of amides is 1. The molecule has 0 aliphatic heterocycles. The molecule has 0 spiro atoms. The van der Waals surface area contributed by atoms with Gasteiger partial charge in [-0.05, 0) is 18.4 Å². The van der Waals surface area contributed by atoms with Crippen molar-refractivity contribution < 1.29 is 4.79 Å². The summed E-state index contributed by atoms with van der Waals surface area (Å²) in [5.74, 6) is 0.851. The van der Waals surface area contributed by atoms with E-state index < -0.39 is 0 Å². The van der Waals surface area contributed by atoms with Crippen LogP contribution in [0.1, 0.15) is 46.1 Å². The molecule has 148 valence electrons. The van der Waals surface area contributed by atoms with Gasteiger partial charge in [-0.15, -0.1) is 24.0 Å². The molecule has 3 N–H and O–H groups in total. The van der Waals surface area contributed by atoms with Crippen LogP contribution in [0.15, 0.2) is 35.3 Å². The zero-order valence-electron chi connectivity index (χ0n) is 16.8. The Morgan fingerprint density at radius 2 is 1.62 bits per heavy atom. The third kappa shape index (κ3) is 7.51. The zero-order valence-corrected chi connectivity index (χ0v) is 19.1. The molecule has 5 nitrogen and oxygen atoms in total. The van der Waals surface area contributed by atoms with Crippen LogP contribution in [0.5, 0.6) is 0 Å². The molecular formula is C20H35IN4O. The summed E-state index contributed by atoms with van der Waals surface area (Å²) >= 11 is 0. The Kier molecular flexibility index (Phi) is 12.3. The third-order valence-electron chi connectivity index (χ3n) is 4.80. The Hall–Kier alpha value is -1.31. The summed E-state index contributed by atoms with van der Waals surface area (Å²) < 4.78 is 0. The molecule has 0 aliphatic rings. The number of aliphatic imine (C=N–C) groups is 1. The normalized spacial score (nSPS) is 11.7. The van der Waals surface area contributed by atoms with Crippen LogP contribution in [0.3, 0.4) is 0 Å². The van der Waals surface area contributed by atoms with Crippen LogP contribution in [0.2, 0.25) is 0 Å². The molecule has 0 bridgehead atoms. The fourth-order valence-electron chi connectivity index (χ4n) is 2.85. The highest BCUT2D eigenvalue weighted by atomic mass is 127. The van der Waals surface area contributed by atoms with Crippen LogP contribution in [-0.4, -0.2) is 38.5 Å². The van der Waals surface area contributed by atoms with Crippen molar-refractivity contribution in [3.8, 4) is 0 Å². The van der Waals surface area contributed by atoms with Crippen LogP contribution >= 0.6 is 24.0 Å². The average molecular weight is 474 g/mol. The Bertz CT molecular complexity index is 542. The number of benzene rings is 1. The van der Waals surface area contributed by atoms with E-state index in [1.165, 1.54) is 5.56 Å². The number of rotatable bonds is 9. The van der Waals surface area contributed by atoms with E-state index in [0.29, 0.717) is 13.1 Å². The lowest BCUT2D eigenvalue weighted by Gasteiger charge is -2.33. The third-order valence-corrected chi connectivity index (χ3v) is 4.80. The van der Waals surface area contributed by atoms with E-state index in [1.807, 2.05) is 13.8 Å². The van der Waals surface area contributed by atoms with E-state index >= 15 is 0 Å². The van der Waals surface area contributed by atoms with Gasteiger partial charge >= 0.3 is 0 Å². The predicted molar refractivity (Wildman–Crippen MR) is 121 cm³/mol. The smallest absolute Gasteiger partial charge is 0.222 e. The van der Waals surface area contributed by atoms with E-state index in [4.69, 9.17) is 0 Å². The van der Waals surface area contributed by atoms with Crippen molar-refractivity contribution in [2.75, 3.05) is 26.7 Å². The lowest BCUT2D eigenvalue weighted by molar-refractivity contribution is -0.123. The summed E-state index contributed by atoms with van der Waals surface area (Å²) in [5, 5.41) is 9.61. The maximum atomic E-state index is 11.6. The average Bonchev–Trinajstić information content (AvgIpc) is 2.65. The molecule has 0 aromatic heterocycles. The predicted octanol–water partition coefficient (Wildman–Crippen LogP) is 3.30. The summed E-state index contributed by atoms with van der Waals surface area (Å²) in [5.41, 5.74) is 1.44. The minimum atomic E-state index is 0. The summed E-state index contributed by atoms with van der Waals surface area (Å²) in [7, 11) is 1.77. The quantitative estimate of drug-likeness (QED) is 0.223. The second-order valence-electron chi connectivity index (χ2n) is 6.65. The molecule has 0 atom stereocenters. The van der Waals surface area contributed by atoms with Gasteiger partial charge in [-0.2, -0.15) is 0 Å². The molecule has 1 amide bonds. The van der Waals surface area contributed by atoms with Crippen molar-refractivity contribution in [2.24, 2.45) is 10.9 Å². The van der Waals surface area contributed by atoms with Crippen molar-refractivity contribution in [1.82, 2.24) is 16.0 Å². The monoisotopic (exact) mass is 474 g/mol. The summed E-state index contributed by atoms with van der Waals surface area (Å²) in [6.45, 7) is 10.3. The van der Waals surface area contributed by atoms with Gasteiger partial charge in [-0.25, -0.2) is 0 Å². The van der Waals surface area contributed by atoms with E-state index in [0.717, 1.165) is 25.3 Å². The molecule has 6 heteroatoms. The molecule has 0 fully saturated rings. The van der Waals surface area contributed by atoms with Gasteiger partial charge in [-0.1, -0.05) is 58.0 Å². The van der Waals surface area contributed by atoms with Crippen molar-refractivity contribution in [1.29, 1.82) is 0 Å². The van der Waals surface area contributed by atoms with Crippen molar-refractivity contribution in [2.45, 2.75) is 46.0 Å². The number of nitrogens with zero attached hydrogens (tertiary/aromatic N) is 1. The first-order chi connectivity index (χ1) is 12.0. The first-order valence-electron chi connectivity index (χ1n) is 9.26. The summed E-state index contributed by atoms with van der Waals surface area (Å²) in [6.07, 6.45) is 2.11. The van der Waals surface area contributed by atoms with Crippen molar-refractivity contribution >= 4 is 35.8 Å². The maximum Gasteiger partial charge on any atom is 0.222 e. The second-order valence-corrected chi connectivity index (χ2v) is 6.65. The standard InChI is InChI=1S/C20H34N4O.HI/c1-6-20(7-2,17-11-9-8-10-12-17)15-24-19(21-5)23-14-13-22-18(25)16(3)4;/h8-12,16H,6-7,13-15H2,1-5H3,(H,22,25)(H2,21,23,24);1H. The largest absolute Gasteiger partial charge is 0.356 e. The van der Waals surface area contributed by atoms with E-state index in [-0.39, 0.29) is 41.2 Å². The number of hydrogen-bond acceptors (Lipinski definition) is 2. The molecule has 1 rings (SSSR count). The van der Waals surface area contributed by atoms with Gasteiger partial charge in [0.15, 0.2) is 5.96 Å². The highest BCUT2D eigenvalue weighted by molar-refractivity contribution is 14.0. The molecule has 1 aromatic rings. The Labute approximate surface area is 175 Å². The van der Waals surface area contributed by atoms with Crippen LogP contribution in [0.25, 0.3) is 0 Å². The van der Waals surface area contributed by atoms with Crippen LogP contribution in [-0.2, 0) is 10.2 Å². The zero-order chi connectivity index (χ0) is 18.7. The molecule has 26 heavy (non-hydrogen) atoms. The van der Waals surface area contributed by atoms with Crippen LogP contribution in [0.4, 0.5) is 0 Å². The highest BCUT2D eigenvalue weighted by Crippen LogP contribution is 2.30. The lowest BCUT2D eigenvalue weighted by Crippen LogP contribution is -2.47. The summed E-state index contributed by atoms with van der Waals surface area (Å²) in [4.78, 5) is 15.9. The van der Waals surface area contributed by atoms with Gasteiger partial charge in [0.1, 0.15) is 0 Å². The molecule has 0 aliphatic carbocycles. The van der Waals surface area contributed by atoms with E-state index in [2.05, 4.69) is 65.1 Å². The van der Waals surface area contributed by atoms with E-state index in [1.54, 1.807) is 7.05 Å². The summed E-state index contributed by atoms with van der Waals surface area (Å²) in [6, 6.07) is 10.7. The number of carbonyl (C=O) groups is 1. The number of hydrogen-bond donors (Lipinski definition) is 3. The van der Waals surface area contributed by atoms with Gasteiger partial charge in [0.05, 0.1) is 0 Å². The Morgan fingerprint density at radius 3 is 2.12 bits per heavy atom. The molecular weight excluding hydrogens is 439 g/mol. The maximum absolute atomic E-state index is 11.6. The van der Waals surface area contributed by atoms with Gasteiger partial charge < -0.3 is 16.0 Å². The SMILES string of the molecule is CCC(CC)(CNC(=NC)NCCNC(=O)C(C)C)c1ccccc1.I. The lowest BCUT2D eigenvalue weighted by atomic mass is 9.76. The highest BCUT2D eigenvalue weighted by Gasteiger charge is 2.28. The molecule has 0 saturated heterocycles. The first kappa shape index (κ1) is 24.7. The van der Waals surface area contributed by atoms with Crippen LogP contribution < -0.4 is 16.0 Å². The van der Waals surface area contributed by atoms with Gasteiger partial charge in [0.25, 0.3) is 0 Å². The molecule has 0 unspecified atom stereocenters. The number of guanidine groups is 1. The molecule has 0 heterocycles.